The Labute approximate surface area is 229 Å². The molecule has 38 heavy (non-hydrogen) atoms. The molecule has 0 bridgehead atoms. The molecular formula is C32H35NO4S. The van der Waals surface area contributed by atoms with Gasteiger partial charge in [-0.05, 0) is 105 Å². The number of carbonyl (C=O) groups is 1. The van der Waals surface area contributed by atoms with Gasteiger partial charge < -0.3 is 14.2 Å². The van der Waals surface area contributed by atoms with Crippen LogP contribution in [0.25, 0.3) is 20.5 Å². The molecule has 1 unspecified atom stereocenters. The van der Waals surface area contributed by atoms with E-state index in [-0.39, 0.29) is 12.0 Å². The van der Waals surface area contributed by atoms with Gasteiger partial charge in [-0.15, -0.1) is 11.3 Å². The van der Waals surface area contributed by atoms with Crippen LogP contribution in [-0.2, 0) is 16.1 Å². The zero-order valence-electron chi connectivity index (χ0n) is 22.3. The summed E-state index contributed by atoms with van der Waals surface area (Å²) >= 11 is 1.76. The van der Waals surface area contributed by atoms with E-state index in [9.17, 15) is 4.79 Å². The molecule has 1 fully saturated rings. The minimum Gasteiger partial charge on any atom is -0.492 e. The second-order valence-electron chi connectivity index (χ2n) is 10.7. The van der Waals surface area contributed by atoms with Crippen molar-refractivity contribution < 1.29 is 19.0 Å². The van der Waals surface area contributed by atoms with Crippen molar-refractivity contribution in [1.29, 1.82) is 0 Å². The zero-order valence-corrected chi connectivity index (χ0v) is 23.1. The summed E-state index contributed by atoms with van der Waals surface area (Å²) in [6.07, 6.45) is 1.86. The Morgan fingerprint density at radius 1 is 0.947 bits per heavy atom. The fourth-order valence-corrected chi connectivity index (χ4v) is 5.81. The van der Waals surface area contributed by atoms with Crippen LogP contribution >= 0.6 is 11.3 Å². The molecule has 5 rings (SSSR count). The number of likely N-dealkylation sites (tertiary alicyclic amines) is 1. The Kier molecular flexibility index (Phi) is 8.01. The first-order chi connectivity index (χ1) is 18.3. The third-order valence-electron chi connectivity index (χ3n) is 6.57. The van der Waals surface area contributed by atoms with Crippen molar-refractivity contribution in [3.63, 3.8) is 0 Å². The van der Waals surface area contributed by atoms with E-state index in [1.165, 1.54) is 15.0 Å². The van der Waals surface area contributed by atoms with Crippen LogP contribution in [0.1, 0.15) is 39.2 Å². The van der Waals surface area contributed by atoms with E-state index in [0.717, 1.165) is 42.0 Å². The molecule has 1 aliphatic heterocycles. The first kappa shape index (κ1) is 26.3. The molecule has 0 aliphatic carbocycles. The first-order valence-electron chi connectivity index (χ1n) is 13.2. The van der Waals surface area contributed by atoms with Crippen molar-refractivity contribution in [3.05, 3.63) is 84.4 Å². The van der Waals surface area contributed by atoms with E-state index < -0.39 is 5.60 Å². The van der Waals surface area contributed by atoms with Crippen molar-refractivity contribution in [2.75, 3.05) is 19.7 Å². The summed E-state index contributed by atoms with van der Waals surface area (Å²) in [5.74, 6) is 1.59. The monoisotopic (exact) mass is 529 g/mol. The molecule has 0 radical (unpaired) electrons. The normalized spacial score (nSPS) is 16.0. The molecule has 2 heterocycles. The van der Waals surface area contributed by atoms with Crippen molar-refractivity contribution in [2.45, 2.75) is 51.9 Å². The zero-order chi connectivity index (χ0) is 26.5. The van der Waals surface area contributed by atoms with E-state index >= 15 is 0 Å². The van der Waals surface area contributed by atoms with Gasteiger partial charge in [0, 0.05) is 16.1 Å². The summed E-state index contributed by atoms with van der Waals surface area (Å²) in [4.78, 5) is 15.9. The molecule has 0 saturated carbocycles. The van der Waals surface area contributed by atoms with Crippen LogP contribution in [0.4, 0.5) is 0 Å². The molecular weight excluding hydrogens is 494 g/mol. The second-order valence-corrected chi connectivity index (χ2v) is 11.8. The topological polar surface area (TPSA) is 48.0 Å². The highest BCUT2D eigenvalue weighted by Gasteiger charge is 2.33. The van der Waals surface area contributed by atoms with Gasteiger partial charge in [0.25, 0.3) is 0 Å². The quantitative estimate of drug-likeness (QED) is 0.212. The number of rotatable bonds is 9. The van der Waals surface area contributed by atoms with Gasteiger partial charge in [0.05, 0.1) is 0 Å². The molecule has 3 aromatic carbocycles. The lowest BCUT2D eigenvalue weighted by molar-refractivity contribution is -0.160. The average Bonchev–Trinajstić information content (AvgIpc) is 3.54. The Hall–Kier alpha value is -3.35. The summed E-state index contributed by atoms with van der Waals surface area (Å²) < 4.78 is 18.8. The highest BCUT2D eigenvalue weighted by molar-refractivity contribution is 7.22. The fourth-order valence-electron chi connectivity index (χ4n) is 4.71. The standard InChI is InChI=1S/C32H35NO4S/c1-32(2,3)37-31(34)28-10-7-17-33(28)18-19-35-26-14-11-24(12-15-26)29-20-25-13-16-27(21-30(25)38-29)36-22-23-8-5-4-6-9-23/h4-6,8-9,11-16,20-21,28H,7,10,17-19,22H2,1-3H3. The smallest absolute Gasteiger partial charge is 0.323 e. The maximum Gasteiger partial charge on any atom is 0.323 e. The summed E-state index contributed by atoms with van der Waals surface area (Å²) in [7, 11) is 0. The number of ether oxygens (including phenoxy) is 3. The van der Waals surface area contributed by atoms with Gasteiger partial charge in [0.1, 0.15) is 36.4 Å². The molecule has 1 aliphatic rings. The largest absolute Gasteiger partial charge is 0.492 e. The van der Waals surface area contributed by atoms with Gasteiger partial charge >= 0.3 is 5.97 Å². The number of carbonyl (C=O) groups excluding carboxylic acids is 1. The van der Waals surface area contributed by atoms with Crippen molar-refractivity contribution in [3.8, 4) is 21.9 Å². The van der Waals surface area contributed by atoms with E-state index in [1.54, 1.807) is 11.3 Å². The van der Waals surface area contributed by atoms with E-state index in [4.69, 9.17) is 14.2 Å². The lowest BCUT2D eigenvalue weighted by Gasteiger charge is -2.27. The molecule has 1 saturated heterocycles. The van der Waals surface area contributed by atoms with Crippen LogP contribution < -0.4 is 9.47 Å². The predicted molar refractivity (Wildman–Crippen MR) is 154 cm³/mol. The summed E-state index contributed by atoms with van der Waals surface area (Å²) in [5.41, 5.74) is 1.86. The van der Waals surface area contributed by atoms with E-state index in [2.05, 4.69) is 47.4 Å². The van der Waals surface area contributed by atoms with Crippen LogP contribution in [0.3, 0.4) is 0 Å². The minimum atomic E-state index is -0.462. The molecule has 0 N–H and O–H groups in total. The number of nitrogens with zero attached hydrogens (tertiary/aromatic N) is 1. The SMILES string of the molecule is CC(C)(C)OC(=O)C1CCCN1CCOc1ccc(-c2cc3ccc(OCc4ccccc4)cc3s2)cc1. The van der Waals surface area contributed by atoms with Gasteiger partial charge in [-0.3, -0.25) is 9.69 Å². The Balaban J connectivity index is 1.15. The lowest BCUT2D eigenvalue weighted by Crippen LogP contribution is -2.42. The minimum absolute atomic E-state index is 0.127. The van der Waals surface area contributed by atoms with Gasteiger partial charge in [0.2, 0.25) is 0 Å². The molecule has 198 valence electrons. The second kappa shape index (κ2) is 11.6. The highest BCUT2D eigenvalue weighted by Crippen LogP contribution is 2.36. The summed E-state index contributed by atoms with van der Waals surface area (Å²) in [6.45, 7) is 8.44. The maximum absolute atomic E-state index is 12.5. The fraction of sp³-hybridized carbons (Fsp3) is 0.344. The molecule has 6 heteroatoms. The molecule has 5 nitrogen and oxygen atoms in total. The van der Waals surface area contributed by atoms with Crippen LogP contribution in [0.15, 0.2) is 78.9 Å². The molecule has 0 amide bonds. The van der Waals surface area contributed by atoms with Gasteiger partial charge in [0.15, 0.2) is 0 Å². The molecule has 1 aromatic heterocycles. The van der Waals surface area contributed by atoms with Crippen LogP contribution in [0.2, 0.25) is 0 Å². The number of hydrogen-bond acceptors (Lipinski definition) is 6. The highest BCUT2D eigenvalue weighted by atomic mass is 32.1. The number of hydrogen-bond donors (Lipinski definition) is 0. The lowest BCUT2D eigenvalue weighted by atomic mass is 10.1. The van der Waals surface area contributed by atoms with Crippen molar-refractivity contribution >= 4 is 27.4 Å². The number of esters is 1. The Morgan fingerprint density at radius 2 is 1.71 bits per heavy atom. The predicted octanol–water partition coefficient (Wildman–Crippen LogP) is 7.33. The number of benzene rings is 3. The number of fused-ring (bicyclic) bond motifs is 1. The van der Waals surface area contributed by atoms with Crippen LogP contribution in [-0.4, -0.2) is 42.2 Å². The van der Waals surface area contributed by atoms with Gasteiger partial charge in [-0.1, -0.05) is 30.3 Å². The Bertz CT molecular complexity index is 1360. The third-order valence-corrected chi connectivity index (χ3v) is 7.72. The molecule has 1 atom stereocenters. The molecule has 0 spiro atoms. The number of thiophene rings is 1. The Morgan fingerprint density at radius 3 is 2.47 bits per heavy atom. The van der Waals surface area contributed by atoms with Crippen LogP contribution in [0, 0.1) is 0 Å². The van der Waals surface area contributed by atoms with E-state index in [0.29, 0.717) is 19.8 Å². The maximum atomic E-state index is 12.5. The summed E-state index contributed by atoms with van der Waals surface area (Å²) in [5, 5.41) is 1.21. The third kappa shape index (κ3) is 6.74. The van der Waals surface area contributed by atoms with Gasteiger partial charge in [-0.2, -0.15) is 0 Å². The average molecular weight is 530 g/mol. The van der Waals surface area contributed by atoms with E-state index in [1.807, 2.05) is 57.2 Å². The van der Waals surface area contributed by atoms with Crippen LogP contribution in [0.5, 0.6) is 11.5 Å². The molecule has 4 aromatic rings. The summed E-state index contributed by atoms with van der Waals surface area (Å²) in [6, 6.07) is 26.8. The first-order valence-corrected chi connectivity index (χ1v) is 14.1. The van der Waals surface area contributed by atoms with Crippen molar-refractivity contribution in [1.82, 2.24) is 4.90 Å². The van der Waals surface area contributed by atoms with Gasteiger partial charge in [-0.25, -0.2) is 0 Å². The van der Waals surface area contributed by atoms with Crippen molar-refractivity contribution in [2.24, 2.45) is 0 Å².